The zero-order valence-electron chi connectivity index (χ0n) is 19.3. The molecule has 0 amide bonds. The topological polar surface area (TPSA) is 35.5 Å². The third kappa shape index (κ3) is 5.93. The molecule has 2 aromatic carbocycles. The van der Waals surface area contributed by atoms with Crippen molar-refractivity contribution in [3.05, 3.63) is 64.7 Å². The first-order valence-corrected chi connectivity index (χ1v) is 10.4. The Kier molecular flexibility index (Phi) is 7.29. The zero-order valence-corrected chi connectivity index (χ0v) is 19.3. The Bertz CT molecular complexity index is 788. The minimum absolute atomic E-state index is 0.142. The lowest BCUT2D eigenvalue weighted by molar-refractivity contribution is -0.136. The number of esters is 1. The average molecular weight is 397 g/mol. The van der Waals surface area contributed by atoms with Gasteiger partial charge in [-0.25, -0.2) is 0 Å². The quantitative estimate of drug-likeness (QED) is 0.423. The smallest absolute Gasteiger partial charge is 0.318 e. The van der Waals surface area contributed by atoms with Gasteiger partial charge in [-0.05, 0) is 29.7 Å². The molecule has 0 aliphatic rings. The van der Waals surface area contributed by atoms with Crippen LogP contribution >= 0.6 is 0 Å². The maximum absolute atomic E-state index is 13.4. The van der Waals surface area contributed by atoms with Crippen LogP contribution in [0.25, 0.3) is 0 Å². The Morgan fingerprint density at radius 2 is 1.45 bits per heavy atom. The number of carbonyl (C=O) groups is 1. The summed E-state index contributed by atoms with van der Waals surface area (Å²) in [4.78, 5) is 13.4. The molecule has 0 aliphatic heterocycles. The minimum atomic E-state index is -0.363. The summed E-state index contributed by atoms with van der Waals surface area (Å²) >= 11 is 0. The molecule has 3 nitrogen and oxygen atoms in total. The van der Waals surface area contributed by atoms with Crippen molar-refractivity contribution in [1.82, 2.24) is 0 Å². The second-order valence-corrected chi connectivity index (χ2v) is 9.86. The molecule has 3 heteroatoms. The van der Waals surface area contributed by atoms with Gasteiger partial charge >= 0.3 is 5.97 Å². The molecule has 0 aromatic heterocycles. The van der Waals surface area contributed by atoms with Crippen molar-refractivity contribution in [2.24, 2.45) is 0 Å². The van der Waals surface area contributed by atoms with Gasteiger partial charge in [-0.2, -0.15) is 0 Å². The van der Waals surface area contributed by atoms with Gasteiger partial charge in [-0.15, -0.1) is 0 Å². The number of benzene rings is 2. The van der Waals surface area contributed by atoms with E-state index in [0.29, 0.717) is 18.8 Å². The van der Waals surface area contributed by atoms with Gasteiger partial charge in [0.1, 0.15) is 5.75 Å². The van der Waals surface area contributed by atoms with Gasteiger partial charge in [-0.1, -0.05) is 89.6 Å². The molecule has 0 spiro atoms. The Balaban J connectivity index is 2.54. The number of ether oxygens (including phenoxy) is 2. The van der Waals surface area contributed by atoms with E-state index in [1.165, 1.54) is 5.56 Å². The van der Waals surface area contributed by atoms with Crippen molar-refractivity contribution >= 4 is 5.97 Å². The van der Waals surface area contributed by atoms with Gasteiger partial charge in [-0.3, -0.25) is 4.79 Å². The Morgan fingerprint density at radius 3 is 1.90 bits per heavy atom. The lowest BCUT2D eigenvalue weighted by Crippen LogP contribution is -2.25. The SMILES string of the molecule is COCC[C@H](C(=O)Oc1c(C(C)(C)C)cc(C)cc1C(C)(C)C)c1ccccc1. The van der Waals surface area contributed by atoms with Crippen molar-refractivity contribution in [1.29, 1.82) is 0 Å². The van der Waals surface area contributed by atoms with E-state index in [1.807, 2.05) is 30.3 Å². The first-order valence-electron chi connectivity index (χ1n) is 10.4. The highest BCUT2D eigenvalue weighted by atomic mass is 16.5. The summed E-state index contributed by atoms with van der Waals surface area (Å²) in [6, 6.07) is 14.1. The number of hydrogen-bond donors (Lipinski definition) is 0. The van der Waals surface area contributed by atoms with E-state index in [9.17, 15) is 4.79 Å². The van der Waals surface area contributed by atoms with Gasteiger partial charge in [0.25, 0.3) is 0 Å². The standard InChI is InChI=1S/C26H36O3/c1-18-16-21(25(2,3)4)23(22(17-18)26(5,6)7)29-24(27)20(14-15-28-8)19-12-10-9-11-13-19/h9-13,16-17,20H,14-15H2,1-8H3/t20-/m0/s1. The number of aryl methyl sites for hydroxylation is 1. The monoisotopic (exact) mass is 396 g/mol. The summed E-state index contributed by atoms with van der Waals surface area (Å²) in [5, 5.41) is 0. The molecule has 0 heterocycles. The third-order valence-corrected chi connectivity index (χ3v) is 5.15. The first-order chi connectivity index (χ1) is 13.4. The van der Waals surface area contributed by atoms with E-state index in [-0.39, 0.29) is 22.7 Å². The van der Waals surface area contributed by atoms with E-state index < -0.39 is 0 Å². The fourth-order valence-electron chi connectivity index (χ4n) is 3.51. The van der Waals surface area contributed by atoms with Crippen molar-refractivity contribution in [3.63, 3.8) is 0 Å². The fourth-order valence-corrected chi connectivity index (χ4v) is 3.51. The molecule has 29 heavy (non-hydrogen) atoms. The van der Waals surface area contributed by atoms with Gasteiger partial charge in [0.2, 0.25) is 0 Å². The Hall–Kier alpha value is -2.13. The van der Waals surface area contributed by atoms with Crippen LogP contribution in [0, 0.1) is 6.92 Å². The van der Waals surface area contributed by atoms with Crippen LogP contribution in [0.5, 0.6) is 5.75 Å². The summed E-state index contributed by atoms with van der Waals surface area (Å²) in [7, 11) is 1.66. The summed E-state index contributed by atoms with van der Waals surface area (Å²) < 4.78 is 11.5. The van der Waals surface area contributed by atoms with Crippen LogP contribution in [0.2, 0.25) is 0 Å². The molecule has 158 valence electrons. The van der Waals surface area contributed by atoms with Gasteiger partial charge in [0.15, 0.2) is 0 Å². The largest absolute Gasteiger partial charge is 0.425 e. The molecule has 0 fully saturated rings. The van der Waals surface area contributed by atoms with E-state index in [0.717, 1.165) is 16.7 Å². The zero-order chi connectivity index (χ0) is 21.8. The highest BCUT2D eigenvalue weighted by Crippen LogP contribution is 2.41. The maximum atomic E-state index is 13.4. The lowest BCUT2D eigenvalue weighted by Gasteiger charge is -2.30. The molecule has 0 aliphatic carbocycles. The molecule has 0 saturated carbocycles. The van der Waals surface area contributed by atoms with Crippen LogP contribution in [0.1, 0.15) is 76.1 Å². The van der Waals surface area contributed by atoms with E-state index in [1.54, 1.807) is 7.11 Å². The van der Waals surface area contributed by atoms with Crippen LogP contribution < -0.4 is 4.74 Å². The van der Waals surface area contributed by atoms with Crippen LogP contribution in [0.15, 0.2) is 42.5 Å². The second-order valence-electron chi connectivity index (χ2n) is 9.86. The molecule has 0 N–H and O–H groups in total. The van der Waals surface area contributed by atoms with E-state index >= 15 is 0 Å². The number of rotatable bonds is 6. The molecule has 0 radical (unpaired) electrons. The van der Waals surface area contributed by atoms with Crippen molar-refractivity contribution < 1.29 is 14.3 Å². The molecule has 2 rings (SSSR count). The van der Waals surface area contributed by atoms with Gasteiger partial charge in [0, 0.05) is 24.8 Å². The third-order valence-electron chi connectivity index (χ3n) is 5.15. The molecule has 2 aromatic rings. The normalized spacial score (nSPS) is 13.2. The Morgan fingerprint density at radius 1 is 0.931 bits per heavy atom. The van der Waals surface area contributed by atoms with Crippen molar-refractivity contribution in [2.75, 3.05) is 13.7 Å². The van der Waals surface area contributed by atoms with E-state index in [4.69, 9.17) is 9.47 Å². The molecule has 0 unspecified atom stereocenters. The van der Waals surface area contributed by atoms with Crippen LogP contribution in [-0.4, -0.2) is 19.7 Å². The first kappa shape index (κ1) is 23.2. The van der Waals surface area contributed by atoms with Crippen molar-refractivity contribution in [2.45, 2.75) is 71.6 Å². The number of carbonyl (C=O) groups excluding carboxylic acids is 1. The van der Waals surface area contributed by atoms with Crippen molar-refractivity contribution in [3.8, 4) is 5.75 Å². The lowest BCUT2D eigenvalue weighted by atomic mass is 9.78. The maximum Gasteiger partial charge on any atom is 0.318 e. The fraction of sp³-hybridized carbons (Fsp3) is 0.500. The van der Waals surface area contributed by atoms with Crippen LogP contribution in [0.3, 0.4) is 0 Å². The van der Waals surface area contributed by atoms with E-state index in [2.05, 4.69) is 60.6 Å². The summed E-state index contributed by atoms with van der Waals surface area (Å²) in [5.41, 5.74) is 3.98. The molecule has 0 bridgehead atoms. The average Bonchev–Trinajstić information content (AvgIpc) is 2.62. The highest BCUT2D eigenvalue weighted by Gasteiger charge is 2.31. The Labute approximate surface area is 176 Å². The predicted octanol–water partition coefficient (Wildman–Crippen LogP) is 6.32. The highest BCUT2D eigenvalue weighted by molar-refractivity contribution is 5.81. The second kappa shape index (κ2) is 9.13. The number of methoxy groups -OCH3 is 1. The van der Waals surface area contributed by atoms with Crippen LogP contribution in [0.4, 0.5) is 0 Å². The summed E-state index contributed by atoms with van der Waals surface area (Å²) in [6.07, 6.45) is 0.584. The molecule has 1 atom stereocenters. The predicted molar refractivity (Wildman–Crippen MR) is 120 cm³/mol. The molecule has 0 saturated heterocycles. The molecular formula is C26H36O3. The minimum Gasteiger partial charge on any atom is -0.425 e. The summed E-state index contributed by atoms with van der Waals surface area (Å²) in [6.45, 7) is 15.5. The van der Waals surface area contributed by atoms with Gasteiger partial charge < -0.3 is 9.47 Å². The van der Waals surface area contributed by atoms with Crippen LogP contribution in [-0.2, 0) is 20.4 Å². The summed E-state index contributed by atoms with van der Waals surface area (Å²) in [5.74, 6) is 0.116. The number of hydrogen-bond acceptors (Lipinski definition) is 3. The molecular weight excluding hydrogens is 360 g/mol. The van der Waals surface area contributed by atoms with Gasteiger partial charge in [0.05, 0.1) is 5.92 Å².